The summed E-state index contributed by atoms with van der Waals surface area (Å²) in [6, 6.07) is 0.617. The Morgan fingerprint density at radius 1 is 1.20 bits per heavy atom. The van der Waals surface area contributed by atoms with E-state index in [0.717, 1.165) is 31.3 Å². The molecule has 1 aliphatic heterocycles. The normalized spacial score (nSPS) is 24.7. The molecule has 0 radical (unpaired) electrons. The van der Waals surface area contributed by atoms with E-state index in [4.69, 9.17) is 0 Å². The van der Waals surface area contributed by atoms with Crippen molar-refractivity contribution in [2.45, 2.75) is 57.5 Å². The Bertz CT molecular complexity index is 891. The summed E-state index contributed by atoms with van der Waals surface area (Å²) in [6.45, 7) is 5.22. The van der Waals surface area contributed by atoms with Gasteiger partial charge in [-0.3, -0.25) is 9.58 Å². The molecular weight excluding hydrogens is 402 g/mol. The summed E-state index contributed by atoms with van der Waals surface area (Å²) >= 11 is 0. The quantitative estimate of drug-likeness (QED) is 0.681. The fraction of sp³-hybridized carbons (Fsp3) is 0.632. The Balaban J connectivity index is 1.44. The lowest BCUT2D eigenvalue weighted by atomic mass is 9.85. The van der Waals surface area contributed by atoms with Gasteiger partial charge < -0.3 is 10.6 Å². The number of alkyl halides is 4. The van der Waals surface area contributed by atoms with Crippen molar-refractivity contribution >= 4 is 17.5 Å². The van der Waals surface area contributed by atoms with E-state index in [1.807, 2.05) is 11.6 Å². The second-order valence-electron chi connectivity index (χ2n) is 7.86. The Hall–Kier alpha value is -2.43. The first-order valence-corrected chi connectivity index (χ1v) is 10.1. The summed E-state index contributed by atoms with van der Waals surface area (Å²) in [5.74, 6) is -0.190. The maximum atomic E-state index is 13.4. The van der Waals surface area contributed by atoms with Crippen LogP contribution in [0.5, 0.6) is 0 Å². The first kappa shape index (κ1) is 20.8. The van der Waals surface area contributed by atoms with Crippen LogP contribution in [0, 0.1) is 6.92 Å². The number of anilines is 3. The Morgan fingerprint density at radius 3 is 2.60 bits per heavy atom. The van der Waals surface area contributed by atoms with Crippen LogP contribution in [0.3, 0.4) is 0 Å². The average Bonchev–Trinajstić information content (AvgIpc) is 3.21. The molecule has 2 fully saturated rings. The van der Waals surface area contributed by atoms with Crippen molar-refractivity contribution in [2.75, 3.05) is 30.3 Å². The van der Waals surface area contributed by atoms with Crippen LogP contribution in [0.4, 0.5) is 35.0 Å². The second-order valence-corrected chi connectivity index (χ2v) is 7.86. The van der Waals surface area contributed by atoms with Crippen LogP contribution in [-0.4, -0.2) is 56.5 Å². The minimum Gasteiger partial charge on any atom is -0.370 e. The van der Waals surface area contributed by atoms with Gasteiger partial charge in [-0.25, -0.2) is 9.37 Å². The van der Waals surface area contributed by atoms with E-state index in [-0.39, 0.29) is 17.8 Å². The predicted octanol–water partition coefficient (Wildman–Crippen LogP) is 3.92. The van der Waals surface area contributed by atoms with Crippen LogP contribution >= 0.6 is 0 Å². The first-order chi connectivity index (χ1) is 14.3. The molecule has 0 amide bonds. The summed E-state index contributed by atoms with van der Waals surface area (Å²) in [4.78, 5) is 10.0. The van der Waals surface area contributed by atoms with E-state index in [2.05, 4.69) is 30.6 Å². The molecule has 3 heterocycles. The number of likely N-dealkylation sites (tertiary alicyclic amines) is 1. The molecule has 1 aliphatic carbocycles. The monoisotopic (exact) mass is 427 g/mol. The van der Waals surface area contributed by atoms with E-state index in [9.17, 15) is 17.6 Å². The molecule has 164 valence electrons. The molecule has 7 nitrogen and oxygen atoms in total. The summed E-state index contributed by atoms with van der Waals surface area (Å²) in [6.07, 6.45) is -0.414. The van der Waals surface area contributed by atoms with E-state index < -0.39 is 17.9 Å². The van der Waals surface area contributed by atoms with Gasteiger partial charge in [0.1, 0.15) is 17.6 Å². The van der Waals surface area contributed by atoms with Gasteiger partial charge in [0.15, 0.2) is 0 Å². The van der Waals surface area contributed by atoms with Crippen molar-refractivity contribution in [2.24, 2.45) is 0 Å². The number of nitrogens with one attached hydrogen (secondary N) is 2. The molecule has 1 atom stereocenters. The maximum Gasteiger partial charge on any atom is 0.421 e. The zero-order valence-electron chi connectivity index (χ0n) is 16.9. The van der Waals surface area contributed by atoms with E-state index >= 15 is 0 Å². The van der Waals surface area contributed by atoms with Gasteiger partial charge in [-0.1, -0.05) is 0 Å². The number of nitrogens with zero attached hydrogens (tertiary/aromatic N) is 5. The lowest BCUT2D eigenvalue weighted by Gasteiger charge is -2.41. The fourth-order valence-electron chi connectivity index (χ4n) is 4.12. The van der Waals surface area contributed by atoms with Crippen molar-refractivity contribution in [1.29, 1.82) is 0 Å². The number of rotatable bonds is 6. The SMILES string of the molecule is CCNc1nc(Nc2cnn(C3CC(N4CC[C@H](F)C4)C3)c2C)ncc1C(F)(F)F. The highest BCUT2D eigenvalue weighted by Gasteiger charge is 2.39. The summed E-state index contributed by atoms with van der Waals surface area (Å²) in [5.41, 5.74) is 0.600. The molecule has 2 N–H and O–H groups in total. The molecule has 0 spiro atoms. The average molecular weight is 427 g/mol. The molecular formula is C19H25F4N7. The van der Waals surface area contributed by atoms with Gasteiger partial charge in [0, 0.05) is 31.9 Å². The Morgan fingerprint density at radius 2 is 1.97 bits per heavy atom. The molecule has 0 aromatic carbocycles. The molecule has 30 heavy (non-hydrogen) atoms. The van der Waals surface area contributed by atoms with Gasteiger partial charge in [-0.2, -0.15) is 23.3 Å². The minimum atomic E-state index is -4.53. The molecule has 0 bridgehead atoms. The van der Waals surface area contributed by atoms with Gasteiger partial charge in [0.2, 0.25) is 5.95 Å². The Labute approximate surface area is 171 Å². The summed E-state index contributed by atoms with van der Waals surface area (Å²) in [5, 5.41) is 10.0. The molecule has 11 heteroatoms. The minimum absolute atomic E-state index is 0.0686. The second kappa shape index (κ2) is 8.01. The molecule has 4 rings (SSSR count). The lowest BCUT2D eigenvalue weighted by Crippen LogP contribution is -2.44. The maximum absolute atomic E-state index is 13.4. The molecule has 1 saturated heterocycles. The smallest absolute Gasteiger partial charge is 0.370 e. The molecule has 2 aromatic rings. The fourth-order valence-corrected chi connectivity index (χ4v) is 4.12. The van der Waals surface area contributed by atoms with Crippen molar-refractivity contribution in [3.63, 3.8) is 0 Å². The third-order valence-corrected chi connectivity index (χ3v) is 5.84. The van der Waals surface area contributed by atoms with Gasteiger partial charge >= 0.3 is 6.18 Å². The zero-order valence-corrected chi connectivity index (χ0v) is 16.9. The number of halogens is 4. The van der Waals surface area contributed by atoms with Crippen molar-refractivity contribution < 1.29 is 17.6 Å². The standard InChI is InChI=1S/C19H25F4N7/c1-3-24-17-15(19(21,22)23)8-25-18(28-17)27-16-9-26-30(11(16)2)14-6-13(7-14)29-5-4-12(20)10-29/h8-9,12-14H,3-7,10H2,1-2H3,(H2,24,25,27,28)/t12-,13?,14?/m0/s1. The van der Waals surface area contributed by atoms with Crippen LogP contribution in [0.1, 0.15) is 43.5 Å². The van der Waals surface area contributed by atoms with E-state index in [1.54, 1.807) is 13.1 Å². The summed E-state index contributed by atoms with van der Waals surface area (Å²) < 4.78 is 54.7. The molecule has 2 aliphatic rings. The zero-order chi connectivity index (χ0) is 21.5. The van der Waals surface area contributed by atoms with Crippen molar-refractivity contribution in [3.05, 3.63) is 23.7 Å². The first-order valence-electron chi connectivity index (χ1n) is 10.1. The third kappa shape index (κ3) is 4.07. The van der Waals surface area contributed by atoms with E-state index in [0.29, 0.717) is 31.2 Å². The van der Waals surface area contributed by atoms with Gasteiger partial charge in [-0.05, 0) is 33.1 Å². The lowest BCUT2D eigenvalue weighted by molar-refractivity contribution is -0.137. The van der Waals surface area contributed by atoms with Crippen LogP contribution < -0.4 is 10.6 Å². The number of hydrogen-bond acceptors (Lipinski definition) is 6. The highest BCUT2D eigenvalue weighted by atomic mass is 19.4. The van der Waals surface area contributed by atoms with Crippen molar-refractivity contribution in [3.8, 4) is 0 Å². The topological polar surface area (TPSA) is 70.9 Å². The summed E-state index contributed by atoms with van der Waals surface area (Å²) in [7, 11) is 0. The Kier molecular flexibility index (Phi) is 5.56. The molecule has 0 unspecified atom stereocenters. The van der Waals surface area contributed by atoms with Crippen LogP contribution in [0.2, 0.25) is 0 Å². The highest BCUT2D eigenvalue weighted by Crippen LogP contribution is 2.39. The van der Waals surface area contributed by atoms with Crippen LogP contribution in [0.15, 0.2) is 12.4 Å². The third-order valence-electron chi connectivity index (χ3n) is 5.84. The predicted molar refractivity (Wildman–Crippen MR) is 105 cm³/mol. The van der Waals surface area contributed by atoms with Crippen LogP contribution in [0.25, 0.3) is 0 Å². The number of aromatic nitrogens is 4. The highest BCUT2D eigenvalue weighted by molar-refractivity contribution is 5.58. The molecule has 2 aromatic heterocycles. The van der Waals surface area contributed by atoms with E-state index in [1.165, 1.54) is 0 Å². The van der Waals surface area contributed by atoms with Crippen molar-refractivity contribution in [1.82, 2.24) is 24.6 Å². The van der Waals surface area contributed by atoms with Gasteiger partial charge in [-0.15, -0.1) is 0 Å². The van der Waals surface area contributed by atoms with Gasteiger partial charge in [0.05, 0.1) is 23.6 Å². The van der Waals surface area contributed by atoms with Crippen LogP contribution in [-0.2, 0) is 6.18 Å². The number of hydrogen-bond donors (Lipinski definition) is 2. The van der Waals surface area contributed by atoms with Gasteiger partial charge in [0.25, 0.3) is 0 Å². The molecule has 1 saturated carbocycles. The largest absolute Gasteiger partial charge is 0.421 e.